The number of anilines is 1. The number of hydrogen-bond acceptors (Lipinski definition) is 6. The van der Waals surface area contributed by atoms with Gasteiger partial charge in [0, 0.05) is 18.8 Å². The highest BCUT2D eigenvalue weighted by atomic mass is 32.2. The van der Waals surface area contributed by atoms with Crippen LogP contribution >= 0.6 is 0 Å². The Bertz CT molecular complexity index is 1120. The number of rotatable bonds is 9. The summed E-state index contributed by atoms with van der Waals surface area (Å²) in [6.07, 6.45) is -0.0597. The molecule has 0 saturated carbocycles. The zero-order chi connectivity index (χ0) is 25.4. The summed E-state index contributed by atoms with van der Waals surface area (Å²) in [5.41, 5.74) is 1.75. The fourth-order valence-corrected chi connectivity index (χ4v) is 5.35. The maximum absolute atomic E-state index is 13.2. The van der Waals surface area contributed by atoms with Crippen molar-refractivity contribution in [2.45, 2.75) is 44.7 Å². The number of aryl methyl sites for hydroxylation is 1. The second-order valence-corrected chi connectivity index (χ2v) is 10.5. The molecule has 0 aromatic heterocycles. The van der Waals surface area contributed by atoms with Crippen LogP contribution < -0.4 is 10.6 Å². The van der Waals surface area contributed by atoms with Gasteiger partial charge in [-0.3, -0.25) is 4.79 Å². The zero-order valence-electron chi connectivity index (χ0n) is 20.3. The van der Waals surface area contributed by atoms with Gasteiger partial charge in [-0.1, -0.05) is 56.7 Å². The van der Waals surface area contributed by atoms with Crippen LogP contribution in [0.5, 0.6) is 0 Å². The van der Waals surface area contributed by atoms with E-state index in [1.54, 1.807) is 19.1 Å². The highest BCUT2D eigenvalue weighted by molar-refractivity contribution is 7.89. The standard InChI is InChI=1S/C25H33N3O6S/c1-4-18(2)23(27-25(30)34-17-20-8-6-5-7-9-20)24(29)26-21-11-10-19(3)22(16-21)35(31,32)28-12-14-33-15-13-28/h5-11,16,18,23H,4,12-15,17H2,1-3H3,(H,26,29)(H,27,30)/t18-,23-/m0/s1. The molecule has 2 aromatic rings. The summed E-state index contributed by atoms with van der Waals surface area (Å²) in [5, 5.41) is 5.41. The van der Waals surface area contributed by atoms with Gasteiger partial charge in [-0.2, -0.15) is 4.31 Å². The quantitative estimate of drug-likeness (QED) is 0.543. The SMILES string of the molecule is CC[C@H](C)[C@H](NC(=O)OCc1ccccc1)C(=O)Nc1ccc(C)c(S(=O)(=O)N2CCOCC2)c1. The number of morpholine rings is 1. The van der Waals surface area contributed by atoms with Gasteiger partial charge >= 0.3 is 6.09 Å². The zero-order valence-corrected chi connectivity index (χ0v) is 21.1. The molecular formula is C25H33N3O6S. The number of ether oxygens (including phenoxy) is 2. The molecule has 10 heteroatoms. The summed E-state index contributed by atoms with van der Waals surface area (Å²) in [7, 11) is -3.73. The van der Waals surface area contributed by atoms with E-state index in [0.717, 1.165) is 5.56 Å². The first-order valence-corrected chi connectivity index (χ1v) is 13.1. The first-order valence-electron chi connectivity index (χ1n) is 11.7. The van der Waals surface area contributed by atoms with Crippen molar-refractivity contribution in [1.82, 2.24) is 9.62 Å². The molecule has 9 nitrogen and oxygen atoms in total. The molecule has 0 bridgehead atoms. The fraction of sp³-hybridized carbons (Fsp3) is 0.440. The first-order chi connectivity index (χ1) is 16.7. The largest absolute Gasteiger partial charge is 0.445 e. The summed E-state index contributed by atoms with van der Waals surface area (Å²) < 4.78 is 38.2. The minimum Gasteiger partial charge on any atom is -0.445 e. The lowest BCUT2D eigenvalue weighted by molar-refractivity contribution is -0.119. The normalized spacial score (nSPS) is 16.2. The van der Waals surface area contributed by atoms with Crippen molar-refractivity contribution in [1.29, 1.82) is 0 Å². The third kappa shape index (κ3) is 7.03. The van der Waals surface area contributed by atoms with E-state index in [9.17, 15) is 18.0 Å². The van der Waals surface area contributed by atoms with Gasteiger partial charge in [0.1, 0.15) is 12.6 Å². The van der Waals surface area contributed by atoms with Gasteiger partial charge in [-0.05, 0) is 36.1 Å². The molecule has 0 unspecified atom stereocenters. The number of carbonyl (C=O) groups excluding carboxylic acids is 2. The minimum atomic E-state index is -3.73. The lowest BCUT2D eigenvalue weighted by Gasteiger charge is -2.27. The monoisotopic (exact) mass is 503 g/mol. The summed E-state index contributed by atoms with van der Waals surface area (Å²) in [6, 6.07) is 13.1. The lowest BCUT2D eigenvalue weighted by atomic mass is 9.98. The second kappa shape index (κ2) is 12.1. The second-order valence-electron chi connectivity index (χ2n) is 8.56. The van der Waals surface area contributed by atoms with Gasteiger partial charge in [0.15, 0.2) is 0 Å². The maximum atomic E-state index is 13.2. The molecule has 2 atom stereocenters. The summed E-state index contributed by atoms with van der Waals surface area (Å²) >= 11 is 0. The highest BCUT2D eigenvalue weighted by Crippen LogP contribution is 2.25. The number of alkyl carbamates (subject to hydrolysis) is 1. The number of carbonyl (C=O) groups is 2. The molecule has 0 aliphatic carbocycles. The molecular weight excluding hydrogens is 470 g/mol. The van der Waals surface area contributed by atoms with E-state index in [1.165, 1.54) is 10.4 Å². The van der Waals surface area contributed by atoms with Crippen LogP contribution in [0, 0.1) is 12.8 Å². The van der Waals surface area contributed by atoms with Gasteiger partial charge in [0.2, 0.25) is 15.9 Å². The molecule has 1 heterocycles. The van der Waals surface area contributed by atoms with Crippen LogP contribution in [0.4, 0.5) is 10.5 Å². The lowest BCUT2D eigenvalue weighted by Crippen LogP contribution is -2.47. The molecule has 2 N–H and O–H groups in total. The van der Waals surface area contributed by atoms with E-state index in [2.05, 4.69) is 10.6 Å². The molecule has 2 aromatic carbocycles. The third-order valence-corrected chi connectivity index (χ3v) is 8.07. The Labute approximate surface area is 206 Å². The van der Waals surface area contributed by atoms with Crippen LogP contribution in [0.1, 0.15) is 31.4 Å². The third-order valence-electron chi connectivity index (χ3n) is 6.03. The van der Waals surface area contributed by atoms with Crippen molar-refractivity contribution in [3.05, 3.63) is 59.7 Å². The predicted molar refractivity (Wildman–Crippen MR) is 132 cm³/mol. The Hall–Kier alpha value is -2.95. The van der Waals surface area contributed by atoms with Gasteiger partial charge in [-0.25, -0.2) is 13.2 Å². The van der Waals surface area contributed by atoms with Crippen LogP contribution in [0.3, 0.4) is 0 Å². The van der Waals surface area contributed by atoms with Crippen LogP contribution in [0.25, 0.3) is 0 Å². The van der Waals surface area contributed by atoms with Gasteiger partial charge < -0.3 is 20.1 Å². The number of sulfonamides is 1. The first kappa shape index (κ1) is 26.7. The van der Waals surface area contributed by atoms with Gasteiger partial charge in [-0.15, -0.1) is 0 Å². The topological polar surface area (TPSA) is 114 Å². The number of amides is 2. The van der Waals surface area contributed by atoms with Crippen LogP contribution in [-0.4, -0.2) is 57.1 Å². The Balaban J connectivity index is 1.71. The van der Waals surface area contributed by atoms with E-state index in [0.29, 0.717) is 30.9 Å². The van der Waals surface area contributed by atoms with Crippen molar-refractivity contribution in [3.63, 3.8) is 0 Å². The van der Waals surface area contributed by atoms with Crippen molar-refractivity contribution in [2.24, 2.45) is 5.92 Å². The Morgan fingerprint density at radius 3 is 2.46 bits per heavy atom. The Morgan fingerprint density at radius 1 is 1.11 bits per heavy atom. The molecule has 1 aliphatic heterocycles. The number of nitrogens with one attached hydrogen (secondary N) is 2. The molecule has 3 rings (SSSR count). The summed E-state index contributed by atoms with van der Waals surface area (Å²) in [6.45, 7) is 6.82. The molecule has 2 amide bonds. The number of nitrogens with zero attached hydrogens (tertiary/aromatic N) is 1. The smallest absolute Gasteiger partial charge is 0.408 e. The average Bonchev–Trinajstić information content (AvgIpc) is 2.87. The van der Waals surface area contributed by atoms with Crippen molar-refractivity contribution in [3.8, 4) is 0 Å². The molecule has 1 saturated heterocycles. The molecule has 190 valence electrons. The van der Waals surface area contributed by atoms with Crippen molar-refractivity contribution in [2.75, 3.05) is 31.6 Å². The molecule has 0 spiro atoms. The molecule has 35 heavy (non-hydrogen) atoms. The van der Waals surface area contributed by atoms with E-state index in [-0.39, 0.29) is 30.5 Å². The minimum absolute atomic E-state index is 0.0856. The number of hydrogen-bond donors (Lipinski definition) is 2. The van der Waals surface area contributed by atoms with Crippen LogP contribution in [-0.2, 0) is 30.9 Å². The Kier molecular flexibility index (Phi) is 9.25. The highest BCUT2D eigenvalue weighted by Gasteiger charge is 2.30. The summed E-state index contributed by atoms with van der Waals surface area (Å²) in [4.78, 5) is 25.6. The van der Waals surface area contributed by atoms with E-state index in [1.807, 2.05) is 44.2 Å². The molecule has 1 fully saturated rings. The number of benzene rings is 2. The van der Waals surface area contributed by atoms with E-state index in [4.69, 9.17) is 9.47 Å². The maximum Gasteiger partial charge on any atom is 0.408 e. The molecule has 0 radical (unpaired) electrons. The van der Waals surface area contributed by atoms with Crippen molar-refractivity contribution >= 4 is 27.7 Å². The van der Waals surface area contributed by atoms with E-state index < -0.39 is 28.1 Å². The van der Waals surface area contributed by atoms with Crippen molar-refractivity contribution < 1.29 is 27.5 Å². The fourth-order valence-electron chi connectivity index (χ4n) is 3.70. The van der Waals surface area contributed by atoms with Gasteiger partial charge in [0.05, 0.1) is 18.1 Å². The molecule has 1 aliphatic rings. The Morgan fingerprint density at radius 2 is 1.80 bits per heavy atom. The predicted octanol–water partition coefficient (Wildman–Crippen LogP) is 3.30. The summed E-state index contributed by atoms with van der Waals surface area (Å²) in [5.74, 6) is -0.629. The van der Waals surface area contributed by atoms with Crippen LogP contribution in [0.15, 0.2) is 53.4 Å². The van der Waals surface area contributed by atoms with E-state index >= 15 is 0 Å². The van der Waals surface area contributed by atoms with Crippen LogP contribution in [0.2, 0.25) is 0 Å². The van der Waals surface area contributed by atoms with Gasteiger partial charge in [0.25, 0.3) is 0 Å². The average molecular weight is 504 g/mol.